The molecule has 8 aromatic rings. The highest BCUT2D eigenvalue weighted by molar-refractivity contribution is 5.84. The molecule has 0 aromatic heterocycles. The van der Waals surface area contributed by atoms with Gasteiger partial charge in [-0.15, -0.1) is 0 Å². The third-order valence-electron chi connectivity index (χ3n) is 10.8. The van der Waals surface area contributed by atoms with Crippen LogP contribution in [0, 0.1) is 41.5 Å². The van der Waals surface area contributed by atoms with E-state index in [1.807, 2.05) is 0 Å². The molecule has 0 aliphatic carbocycles. The van der Waals surface area contributed by atoms with Gasteiger partial charge in [-0.2, -0.15) is 0 Å². The minimum Gasteiger partial charge on any atom is -0.310 e. The van der Waals surface area contributed by atoms with E-state index in [0.29, 0.717) is 0 Å². The predicted octanol–water partition coefficient (Wildman–Crippen LogP) is 15.5. The summed E-state index contributed by atoms with van der Waals surface area (Å²) in [6.45, 7) is 13.0. The van der Waals surface area contributed by atoms with E-state index in [4.69, 9.17) is 0 Å². The van der Waals surface area contributed by atoms with Crippen molar-refractivity contribution in [3.8, 4) is 33.4 Å². The van der Waals surface area contributed by atoms with Crippen molar-refractivity contribution in [1.29, 1.82) is 0 Å². The van der Waals surface area contributed by atoms with Gasteiger partial charge in [-0.25, -0.2) is 0 Å². The van der Waals surface area contributed by atoms with Crippen LogP contribution in [0.1, 0.15) is 33.4 Å². The molecule has 0 amide bonds. The van der Waals surface area contributed by atoms with Gasteiger partial charge < -0.3 is 9.80 Å². The van der Waals surface area contributed by atoms with Crippen molar-refractivity contribution >= 4 is 34.1 Å². The van der Waals surface area contributed by atoms with Gasteiger partial charge in [-0.1, -0.05) is 131 Å². The van der Waals surface area contributed by atoms with Crippen LogP contribution in [0.15, 0.2) is 182 Å². The molecule has 0 bridgehead atoms. The Morgan fingerprint density at radius 1 is 0.232 bits per heavy atom. The summed E-state index contributed by atoms with van der Waals surface area (Å²) < 4.78 is 0. The lowest BCUT2D eigenvalue weighted by atomic mass is 9.98. The Bertz CT molecular complexity index is 2400. The molecular formula is C54H48N2. The zero-order valence-corrected chi connectivity index (χ0v) is 33.2. The van der Waals surface area contributed by atoms with Crippen molar-refractivity contribution in [2.45, 2.75) is 41.5 Å². The molecule has 2 heteroatoms. The van der Waals surface area contributed by atoms with Crippen molar-refractivity contribution in [3.05, 3.63) is 215 Å². The Morgan fingerprint density at radius 2 is 0.446 bits per heavy atom. The van der Waals surface area contributed by atoms with Gasteiger partial charge in [0, 0.05) is 34.1 Å². The highest BCUT2D eigenvalue weighted by Gasteiger charge is 2.18. The number of rotatable bonds is 9. The zero-order valence-electron chi connectivity index (χ0n) is 33.2. The normalized spacial score (nSPS) is 11.0. The third-order valence-corrected chi connectivity index (χ3v) is 10.8. The van der Waals surface area contributed by atoms with E-state index in [0.717, 1.165) is 34.1 Å². The lowest BCUT2D eigenvalue weighted by Gasteiger charge is -2.28. The molecule has 0 N–H and O–H groups in total. The standard InChI is InChI=1S/C54H48N2/c1-37-7-15-43(16-8-37)45-19-29-51(30-20-45)55(49-25-11-39(3)12-26-49)53-33-23-47(35-41(53)5)48-24-34-54(42(6)36-48)56(50-27-13-40(4)14-28-50)52-31-21-46(22-32-52)44-17-9-38(2)10-18-44/h7-36H,1-6H3. The van der Waals surface area contributed by atoms with Gasteiger partial charge in [0.25, 0.3) is 0 Å². The molecule has 8 aromatic carbocycles. The second-order valence-electron chi connectivity index (χ2n) is 15.2. The molecule has 0 unspecified atom stereocenters. The Morgan fingerprint density at radius 3 is 0.714 bits per heavy atom. The SMILES string of the molecule is Cc1ccc(-c2ccc(N(c3ccc(C)cc3)c3ccc(-c4ccc(N(c5ccc(C)cc5)c5ccc(-c6ccc(C)cc6)cc5)c(C)c4)cc3C)cc2)cc1. The van der Waals surface area contributed by atoms with Crippen molar-refractivity contribution in [1.82, 2.24) is 0 Å². The average Bonchev–Trinajstić information content (AvgIpc) is 3.22. The van der Waals surface area contributed by atoms with E-state index in [-0.39, 0.29) is 0 Å². The van der Waals surface area contributed by atoms with Gasteiger partial charge in [-0.3, -0.25) is 0 Å². The second-order valence-corrected chi connectivity index (χ2v) is 15.2. The Kier molecular flexibility index (Phi) is 10.1. The molecule has 0 heterocycles. The van der Waals surface area contributed by atoms with Crippen LogP contribution < -0.4 is 9.80 Å². The number of nitrogens with zero attached hydrogens (tertiary/aromatic N) is 2. The summed E-state index contributed by atoms with van der Waals surface area (Å²) >= 11 is 0. The fourth-order valence-corrected chi connectivity index (χ4v) is 7.51. The Hall–Kier alpha value is -6.64. The molecule has 2 nitrogen and oxygen atoms in total. The van der Waals surface area contributed by atoms with Crippen molar-refractivity contribution < 1.29 is 0 Å². The molecule has 0 saturated heterocycles. The molecule has 274 valence electrons. The number of benzene rings is 8. The van der Waals surface area contributed by atoms with E-state index in [1.54, 1.807) is 0 Å². The molecule has 8 rings (SSSR count). The van der Waals surface area contributed by atoms with Crippen molar-refractivity contribution in [2.75, 3.05) is 9.80 Å². The predicted molar refractivity (Wildman–Crippen MR) is 241 cm³/mol. The van der Waals surface area contributed by atoms with E-state index >= 15 is 0 Å². The van der Waals surface area contributed by atoms with Gasteiger partial charge in [0.2, 0.25) is 0 Å². The molecule has 56 heavy (non-hydrogen) atoms. The average molecular weight is 725 g/mol. The maximum Gasteiger partial charge on any atom is 0.0491 e. The summed E-state index contributed by atoms with van der Waals surface area (Å²) in [6, 6.07) is 66.7. The van der Waals surface area contributed by atoms with Crippen LogP contribution in [-0.4, -0.2) is 0 Å². The minimum absolute atomic E-state index is 1.13. The van der Waals surface area contributed by atoms with Crippen LogP contribution in [0.4, 0.5) is 34.1 Å². The second kappa shape index (κ2) is 15.6. The van der Waals surface area contributed by atoms with Crippen molar-refractivity contribution in [2.24, 2.45) is 0 Å². The third kappa shape index (κ3) is 7.65. The number of anilines is 6. The molecule has 0 atom stereocenters. The van der Waals surface area contributed by atoms with Crippen LogP contribution in [0.2, 0.25) is 0 Å². The first-order valence-corrected chi connectivity index (χ1v) is 19.5. The first-order chi connectivity index (χ1) is 27.2. The zero-order chi connectivity index (χ0) is 38.8. The van der Waals surface area contributed by atoms with Crippen LogP contribution in [0.5, 0.6) is 0 Å². The molecule has 0 radical (unpaired) electrons. The molecular weight excluding hydrogens is 677 g/mol. The topological polar surface area (TPSA) is 6.48 Å². The van der Waals surface area contributed by atoms with Gasteiger partial charge in [0.1, 0.15) is 0 Å². The molecule has 0 aliphatic heterocycles. The number of hydrogen-bond acceptors (Lipinski definition) is 2. The monoisotopic (exact) mass is 724 g/mol. The fourth-order valence-electron chi connectivity index (χ4n) is 7.51. The quantitative estimate of drug-likeness (QED) is 0.146. The van der Waals surface area contributed by atoms with Crippen LogP contribution >= 0.6 is 0 Å². The Balaban J connectivity index is 1.12. The smallest absolute Gasteiger partial charge is 0.0491 e. The van der Waals surface area contributed by atoms with Gasteiger partial charge in [0.15, 0.2) is 0 Å². The van der Waals surface area contributed by atoms with E-state index < -0.39 is 0 Å². The first kappa shape index (κ1) is 36.3. The number of aryl methyl sites for hydroxylation is 6. The summed E-state index contributed by atoms with van der Waals surface area (Å²) in [5.41, 5.74) is 21.6. The summed E-state index contributed by atoms with van der Waals surface area (Å²) in [7, 11) is 0. The lowest BCUT2D eigenvalue weighted by molar-refractivity contribution is 1.24. The highest BCUT2D eigenvalue weighted by Crippen LogP contribution is 2.41. The van der Waals surface area contributed by atoms with E-state index in [1.165, 1.54) is 66.8 Å². The summed E-state index contributed by atoms with van der Waals surface area (Å²) in [4.78, 5) is 4.74. The molecule has 0 saturated carbocycles. The Labute approximate surface area is 333 Å². The molecule has 0 aliphatic rings. The van der Waals surface area contributed by atoms with E-state index in [9.17, 15) is 0 Å². The van der Waals surface area contributed by atoms with Gasteiger partial charge >= 0.3 is 0 Å². The van der Waals surface area contributed by atoms with E-state index in [2.05, 4.69) is 233 Å². The summed E-state index contributed by atoms with van der Waals surface area (Å²) in [5, 5.41) is 0. The molecule has 0 fully saturated rings. The van der Waals surface area contributed by atoms with Crippen molar-refractivity contribution in [3.63, 3.8) is 0 Å². The van der Waals surface area contributed by atoms with Crippen LogP contribution in [0.25, 0.3) is 33.4 Å². The maximum absolute atomic E-state index is 2.37. The van der Waals surface area contributed by atoms with Crippen LogP contribution in [-0.2, 0) is 0 Å². The maximum atomic E-state index is 2.37. The largest absolute Gasteiger partial charge is 0.310 e. The van der Waals surface area contributed by atoms with Gasteiger partial charge in [-0.05, 0) is 159 Å². The first-order valence-electron chi connectivity index (χ1n) is 19.5. The molecule has 0 spiro atoms. The number of hydrogen-bond donors (Lipinski definition) is 0. The van der Waals surface area contributed by atoms with Crippen LogP contribution in [0.3, 0.4) is 0 Å². The lowest BCUT2D eigenvalue weighted by Crippen LogP contribution is -2.12. The summed E-state index contributed by atoms with van der Waals surface area (Å²) in [6.07, 6.45) is 0. The van der Waals surface area contributed by atoms with Gasteiger partial charge in [0.05, 0.1) is 0 Å². The highest BCUT2D eigenvalue weighted by atomic mass is 15.1. The summed E-state index contributed by atoms with van der Waals surface area (Å²) in [5.74, 6) is 0. The fraction of sp³-hybridized carbons (Fsp3) is 0.111. The minimum atomic E-state index is 1.13.